The second kappa shape index (κ2) is 6.21. The van der Waals surface area contributed by atoms with E-state index >= 15 is 0 Å². The predicted molar refractivity (Wildman–Crippen MR) is 79.6 cm³/mol. The van der Waals surface area contributed by atoms with Crippen molar-refractivity contribution in [1.29, 1.82) is 0 Å². The van der Waals surface area contributed by atoms with Crippen molar-refractivity contribution >= 4 is 17.4 Å². The van der Waals surface area contributed by atoms with Crippen LogP contribution in [0.1, 0.15) is 18.2 Å². The van der Waals surface area contributed by atoms with Gasteiger partial charge in [0.2, 0.25) is 0 Å². The van der Waals surface area contributed by atoms with Crippen molar-refractivity contribution < 1.29 is 4.79 Å². The molecule has 2 rings (SSSR count). The van der Waals surface area contributed by atoms with Gasteiger partial charge in [-0.15, -0.1) is 0 Å². The lowest BCUT2D eigenvalue weighted by Gasteiger charge is -2.08. The van der Waals surface area contributed by atoms with E-state index in [1.54, 1.807) is 10.9 Å². The van der Waals surface area contributed by atoms with E-state index in [9.17, 15) is 4.79 Å². The number of nitrogens with one attached hydrogen (secondary N) is 2. The predicted octanol–water partition coefficient (Wildman–Crippen LogP) is 2.09. The molecule has 0 saturated heterocycles. The third kappa shape index (κ3) is 3.36. The third-order valence-electron chi connectivity index (χ3n) is 2.91. The third-order valence-corrected chi connectivity index (χ3v) is 2.91. The maximum absolute atomic E-state index is 12.0. The number of hydrogen-bond donors (Lipinski definition) is 3. The molecule has 0 unspecified atom stereocenters. The minimum Gasteiger partial charge on any atom is -0.326 e. The standard InChI is InChI=1S/C14H19N5O/c1-3-12-13(9-19(2)18-12)17-14(20)16-11-6-4-5-10(7-11)8-15/h4-7,9H,3,8,15H2,1-2H3,(H2,16,17,20). The van der Waals surface area contributed by atoms with Gasteiger partial charge in [0, 0.05) is 25.5 Å². The van der Waals surface area contributed by atoms with E-state index in [-0.39, 0.29) is 6.03 Å². The Morgan fingerprint density at radius 1 is 1.40 bits per heavy atom. The molecule has 2 amide bonds. The van der Waals surface area contributed by atoms with Crippen molar-refractivity contribution in [3.63, 3.8) is 0 Å². The topological polar surface area (TPSA) is 85.0 Å². The van der Waals surface area contributed by atoms with Crippen LogP contribution in [0.25, 0.3) is 0 Å². The first-order chi connectivity index (χ1) is 9.62. The Hall–Kier alpha value is -2.34. The van der Waals surface area contributed by atoms with E-state index in [1.807, 2.05) is 38.2 Å². The van der Waals surface area contributed by atoms with Crippen LogP contribution in [0.3, 0.4) is 0 Å². The van der Waals surface area contributed by atoms with Gasteiger partial charge in [0.25, 0.3) is 0 Å². The molecule has 0 atom stereocenters. The summed E-state index contributed by atoms with van der Waals surface area (Å²) in [6.45, 7) is 2.44. The molecule has 0 fully saturated rings. The molecule has 0 spiro atoms. The van der Waals surface area contributed by atoms with Gasteiger partial charge in [-0.2, -0.15) is 5.10 Å². The van der Waals surface area contributed by atoms with Crippen molar-refractivity contribution in [2.24, 2.45) is 12.8 Å². The van der Waals surface area contributed by atoms with Crippen LogP contribution in [-0.4, -0.2) is 15.8 Å². The number of anilines is 2. The molecule has 6 heteroatoms. The van der Waals surface area contributed by atoms with Gasteiger partial charge in [-0.25, -0.2) is 4.79 Å². The molecule has 2 aromatic rings. The van der Waals surface area contributed by atoms with Gasteiger partial charge in [-0.1, -0.05) is 19.1 Å². The molecule has 0 radical (unpaired) electrons. The summed E-state index contributed by atoms with van der Waals surface area (Å²) in [5, 5.41) is 9.86. The molecule has 0 aliphatic heterocycles. The van der Waals surface area contributed by atoms with Crippen molar-refractivity contribution in [2.45, 2.75) is 19.9 Å². The molecule has 1 heterocycles. The van der Waals surface area contributed by atoms with E-state index in [4.69, 9.17) is 5.73 Å². The largest absolute Gasteiger partial charge is 0.326 e. The molecule has 0 saturated carbocycles. The van der Waals surface area contributed by atoms with Gasteiger partial charge in [0.15, 0.2) is 0 Å². The summed E-state index contributed by atoms with van der Waals surface area (Å²) in [5.74, 6) is 0. The minimum atomic E-state index is -0.290. The Balaban J connectivity index is 2.04. The highest BCUT2D eigenvalue weighted by Crippen LogP contribution is 2.15. The lowest BCUT2D eigenvalue weighted by molar-refractivity contribution is 0.262. The fourth-order valence-electron chi connectivity index (χ4n) is 1.96. The van der Waals surface area contributed by atoms with Gasteiger partial charge in [-0.3, -0.25) is 4.68 Å². The number of amides is 2. The number of hydrogen-bond acceptors (Lipinski definition) is 3. The number of nitrogens with two attached hydrogens (primary N) is 1. The average Bonchev–Trinajstić information content (AvgIpc) is 2.78. The van der Waals surface area contributed by atoms with Crippen LogP contribution in [0.2, 0.25) is 0 Å². The van der Waals surface area contributed by atoms with Crippen LogP contribution < -0.4 is 16.4 Å². The van der Waals surface area contributed by atoms with E-state index in [0.717, 1.165) is 23.4 Å². The lowest BCUT2D eigenvalue weighted by Crippen LogP contribution is -2.20. The fourth-order valence-corrected chi connectivity index (χ4v) is 1.96. The zero-order chi connectivity index (χ0) is 14.5. The van der Waals surface area contributed by atoms with Crippen LogP contribution in [0, 0.1) is 0 Å². The van der Waals surface area contributed by atoms with E-state index in [1.165, 1.54) is 0 Å². The summed E-state index contributed by atoms with van der Waals surface area (Å²) in [7, 11) is 1.83. The highest BCUT2D eigenvalue weighted by atomic mass is 16.2. The summed E-state index contributed by atoms with van der Waals surface area (Å²) in [6.07, 6.45) is 2.55. The highest BCUT2D eigenvalue weighted by Gasteiger charge is 2.09. The van der Waals surface area contributed by atoms with Crippen LogP contribution in [0.4, 0.5) is 16.2 Å². The molecular weight excluding hydrogens is 254 g/mol. The summed E-state index contributed by atoms with van der Waals surface area (Å²) in [4.78, 5) is 12.0. The molecule has 0 aliphatic carbocycles. The lowest BCUT2D eigenvalue weighted by atomic mass is 10.2. The van der Waals surface area contributed by atoms with Gasteiger partial charge < -0.3 is 16.4 Å². The zero-order valence-corrected chi connectivity index (χ0v) is 11.7. The Labute approximate surface area is 118 Å². The number of carbonyl (C=O) groups is 1. The Bertz CT molecular complexity index is 605. The van der Waals surface area contributed by atoms with Gasteiger partial charge in [-0.05, 0) is 24.1 Å². The molecule has 20 heavy (non-hydrogen) atoms. The Kier molecular flexibility index (Phi) is 4.37. The number of benzene rings is 1. The Morgan fingerprint density at radius 2 is 2.20 bits per heavy atom. The molecule has 1 aromatic carbocycles. The van der Waals surface area contributed by atoms with Gasteiger partial charge in [0.05, 0.1) is 11.4 Å². The number of carbonyl (C=O) groups excluding carboxylic acids is 1. The fraction of sp³-hybridized carbons (Fsp3) is 0.286. The SMILES string of the molecule is CCc1nn(C)cc1NC(=O)Nc1cccc(CN)c1. The summed E-state index contributed by atoms with van der Waals surface area (Å²) >= 11 is 0. The zero-order valence-electron chi connectivity index (χ0n) is 11.7. The van der Waals surface area contributed by atoms with E-state index in [2.05, 4.69) is 15.7 Å². The maximum atomic E-state index is 12.0. The smallest absolute Gasteiger partial charge is 0.323 e. The molecule has 6 nitrogen and oxygen atoms in total. The van der Waals surface area contributed by atoms with Crippen LogP contribution in [-0.2, 0) is 20.0 Å². The van der Waals surface area contributed by atoms with Crippen molar-refractivity contribution in [3.05, 3.63) is 41.7 Å². The van der Waals surface area contributed by atoms with Crippen molar-refractivity contribution in [2.75, 3.05) is 10.6 Å². The molecule has 0 bridgehead atoms. The van der Waals surface area contributed by atoms with Gasteiger partial charge in [0.1, 0.15) is 0 Å². The Morgan fingerprint density at radius 3 is 2.90 bits per heavy atom. The molecule has 0 aliphatic rings. The first-order valence-corrected chi connectivity index (χ1v) is 6.52. The summed E-state index contributed by atoms with van der Waals surface area (Å²) in [6, 6.07) is 7.16. The van der Waals surface area contributed by atoms with Gasteiger partial charge >= 0.3 is 6.03 Å². The molecule has 106 valence electrons. The highest BCUT2D eigenvalue weighted by molar-refractivity contribution is 6.00. The van der Waals surface area contributed by atoms with E-state index < -0.39 is 0 Å². The summed E-state index contributed by atoms with van der Waals surface area (Å²) < 4.78 is 1.68. The first kappa shape index (κ1) is 14.1. The normalized spacial score (nSPS) is 10.3. The van der Waals surface area contributed by atoms with Crippen LogP contribution >= 0.6 is 0 Å². The van der Waals surface area contributed by atoms with Crippen molar-refractivity contribution in [3.8, 4) is 0 Å². The number of aromatic nitrogens is 2. The van der Waals surface area contributed by atoms with E-state index in [0.29, 0.717) is 12.2 Å². The number of rotatable bonds is 4. The monoisotopic (exact) mass is 273 g/mol. The second-order valence-corrected chi connectivity index (χ2v) is 4.50. The maximum Gasteiger partial charge on any atom is 0.323 e. The first-order valence-electron chi connectivity index (χ1n) is 6.52. The van der Waals surface area contributed by atoms with Crippen molar-refractivity contribution in [1.82, 2.24) is 9.78 Å². The molecule has 1 aromatic heterocycles. The number of urea groups is 1. The van der Waals surface area contributed by atoms with Crippen LogP contribution in [0.15, 0.2) is 30.5 Å². The summed E-state index contributed by atoms with van der Waals surface area (Å²) in [5.41, 5.74) is 8.84. The number of aryl methyl sites for hydroxylation is 2. The molecule has 4 N–H and O–H groups in total. The second-order valence-electron chi connectivity index (χ2n) is 4.50. The number of nitrogens with zero attached hydrogens (tertiary/aromatic N) is 2. The quantitative estimate of drug-likeness (QED) is 0.797. The minimum absolute atomic E-state index is 0.290. The molecular formula is C14H19N5O. The van der Waals surface area contributed by atoms with Crippen LogP contribution in [0.5, 0.6) is 0 Å². The average molecular weight is 273 g/mol.